The molecule has 3 nitrogen and oxygen atoms in total. The number of halogens is 1. The number of aliphatic hydroxyl groups is 1. The smallest absolute Gasteiger partial charge is 0.140 e. The zero-order chi connectivity index (χ0) is 11.6. The van der Waals surface area contributed by atoms with E-state index in [9.17, 15) is 5.11 Å². The normalized spacial score (nSPS) is 13.7. The Morgan fingerprint density at radius 2 is 2.13 bits per heavy atom. The topological polar surface area (TPSA) is 45.2 Å². The molecule has 2 N–H and O–H groups in total. The summed E-state index contributed by atoms with van der Waals surface area (Å²) < 4.78 is 0.915. The van der Waals surface area contributed by atoms with Crippen LogP contribution in [0.4, 0.5) is 5.82 Å². The number of pyridine rings is 1. The molecule has 0 saturated heterocycles. The Morgan fingerprint density at radius 3 is 2.60 bits per heavy atom. The molecular formula is C11H17BrN2O. The van der Waals surface area contributed by atoms with Gasteiger partial charge < -0.3 is 10.4 Å². The highest BCUT2D eigenvalue weighted by atomic mass is 79.9. The van der Waals surface area contributed by atoms with Crippen molar-refractivity contribution < 1.29 is 5.11 Å². The zero-order valence-corrected chi connectivity index (χ0v) is 11.1. The van der Waals surface area contributed by atoms with Crippen molar-refractivity contribution >= 4 is 21.7 Å². The van der Waals surface area contributed by atoms with E-state index in [-0.39, 0.29) is 6.04 Å². The molecule has 0 spiro atoms. The fraction of sp³-hybridized carbons (Fsp3) is 0.545. The fourth-order valence-corrected chi connectivity index (χ4v) is 1.60. The molecule has 1 heterocycles. The summed E-state index contributed by atoms with van der Waals surface area (Å²) in [7, 11) is 0. The number of hydrogen-bond donors (Lipinski definition) is 2. The van der Waals surface area contributed by atoms with Crippen molar-refractivity contribution in [3.63, 3.8) is 0 Å². The number of hydrogen-bond acceptors (Lipinski definition) is 3. The molecule has 1 rings (SSSR count). The van der Waals surface area contributed by atoms with Gasteiger partial charge in [0.15, 0.2) is 0 Å². The average Bonchev–Trinajstić information content (AvgIpc) is 2.08. The highest BCUT2D eigenvalue weighted by molar-refractivity contribution is 9.10. The van der Waals surface area contributed by atoms with Crippen molar-refractivity contribution in [2.75, 3.05) is 5.32 Å². The molecule has 0 aliphatic carbocycles. The molecule has 0 radical (unpaired) electrons. The summed E-state index contributed by atoms with van der Waals surface area (Å²) in [6.07, 6.45) is 1.80. The maximum Gasteiger partial charge on any atom is 0.140 e. The SMILES string of the molecule is Cc1cnc(NC(C)C(C)(C)O)c(Br)c1. The van der Waals surface area contributed by atoms with E-state index < -0.39 is 5.60 Å². The lowest BCUT2D eigenvalue weighted by Crippen LogP contribution is -2.39. The van der Waals surface area contributed by atoms with Gasteiger partial charge in [-0.05, 0) is 55.3 Å². The van der Waals surface area contributed by atoms with Crippen molar-refractivity contribution in [3.05, 3.63) is 22.3 Å². The number of nitrogens with zero attached hydrogens (tertiary/aromatic N) is 1. The Labute approximate surface area is 99.1 Å². The minimum Gasteiger partial charge on any atom is -0.388 e. The summed E-state index contributed by atoms with van der Waals surface area (Å²) in [5.74, 6) is 0.759. The third-order valence-electron chi connectivity index (χ3n) is 2.39. The van der Waals surface area contributed by atoms with Crippen LogP contribution in [0.25, 0.3) is 0 Å². The Kier molecular flexibility index (Phi) is 3.73. The number of aryl methyl sites for hydroxylation is 1. The minimum absolute atomic E-state index is 0.0657. The lowest BCUT2D eigenvalue weighted by atomic mass is 10.0. The van der Waals surface area contributed by atoms with Crippen molar-refractivity contribution in [1.82, 2.24) is 4.98 Å². The molecule has 84 valence electrons. The van der Waals surface area contributed by atoms with E-state index in [1.54, 1.807) is 20.0 Å². The maximum atomic E-state index is 9.79. The predicted molar refractivity (Wildman–Crippen MR) is 66.1 cm³/mol. The molecular weight excluding hydrogens is 256 g/mol. The minimum atomic E-state index is -0.772. The predicted octanol–water partition coefficient (Wildman–Crippen LogP) is 2.72. The van der Waals surface area contributed by atoms with Gasteiger partial charge in [-0.25, -0.2) is 4.98 Å². The molecule has 1 unspecified atom stereocenters. The molecule has 0 aliphatic heterocycles. The van der Waals surface area contributed by atoms with Gasteiger partial charge in [-0.1, -0.05) is 0 Å². The Balaban J connectivity index is 2.82. The van der Waals surface area contributed by atoms with Gasteiger partial charge in [-0.3, -0.25) is 0 Å². The van der Waals surface area contributed by atoms with Crippen LogP contribution in [-0.4, -0.2) is 21.7 Å². The largest absolute Gasteiger partial charge is 0.388 e. The summed E-state index contributed by atoms with van der Waals surface area (Å²) >= 11 is 3.44. The van der Waals surface area contributed by atoms with Gasteiger partial charge >= 0.3 is 0 Å². The Morgan fingerprint density at radius 1 is 1.53 bits per heavy atom. The van der Waals surface area contributed by atoms with Crippen molar-refractivity contribution in [2.24, 2.45) is 0 Å². The summed E-state index contributed by atoms with van der Waals surface area (Å²) in [4.78, 5) is 4.26. The number of rotatable bonds is 3. The van der Waals surface area contributed by atoms with Crippen LogP contribution in [0.1, 0.15) is 26.3 Å². The van der Waals surface area contributed by atoms with E-state index in [0.717, 1.165) is 15.9 Å². The van der Waals surface area contributed by atoms with E-state index in [2.05, 4.69) is 26.2 Å². The van der Waals surface area contributed by atoms with Crippen LogP contribution in [0.15, 0.2) is 16.7 Å². The lowest BCUT2D eigenvalue weighted by molar-refractivity contribution is 0.0647. The van der Waals surface area contributed by atoms with Crippen LogP contribution < -0.4 is 5.32 Å². The first-order valence-electron chi connectivity index (χ1n) is 4.92. The molecule has 0 aliphatic rings. The van der Waals surface area contributed by atoms with E-state index in [1.165, 1.54) is 0 Å². The highest BCUT2D eigenvalue weighted by Gasteiger charge is 2.22. The van der Waals surface area contributed by atoms with Gasteiger partial charge in [0.05, 0.1) is 16.1 Å². The first-order chi connectivity index (χ1) is 6.80. The standard InChI is InChI=1S/C11H17BrN2O/c1-7-5-9(12)10(13-6-7)14-8(2)11(3,4)15/h5-6,8,15H,1-4H3,(H,13,14). The van der Waals surface area contributed by atoms with Gasteiger partial charge in [0.2, 0.25) is 0 Å². The van der Waals surface area contributed by atoms with Gasteiger partial charge in [0.25, 0.3) is 0 Å². The second-order valence-electron chi connectivity index (χ2n) is 4.36. The number of anilines is 1. The molecule has 4 heteroatoms. The molecule has 1 aromatic heterocycles. The van der Waals surface area contributed by atoms with Gasteiger partial charge in [-0.2, -0.15) is 0 Å². The summed E-state index contributed by atoms with van der Waals surface area (Å²) in [5, 5.41) is 13.0. The van der Waals surface area contributed by atoms with Crippen molar-refractivity contribution in [2.45, 2.75) is 39.3 Å². The van der Waals surface area contributed by atoms with E-state index in [4.69, 9.17) is 0 Å². The first kappa shape index (κ1) is 12.5. The van der Waals surface area contributed by atoms with E-state index in [0.29, 0.717) is 0 Å². The van der Waals surface area contributed by atoms with E-state index >= 15 is 0 Å². The van der Waals surface area contributed by atoms with Crippen LogP contribution in [0, 0.1) is 6.92 Å². The van der Waals surface area contributed by atoms with Crippen molar-refractivity contribution in [3.8, 4) is 0 Å². The van der Waals surface area contributed by atoms with Crippen LogP contribution in [-0.2, 0) is 0 Å². The van der Waals surface area contributed by atoms with E-state index in [1.807, 2.05) is 19.9 Å². The summed E-state index contributed by atoms with van der Waals surface area (Å²) in [6, 6.07) is 1.93. The molecule has 1 aromatic rings. The molecule has 0 amide bonds. The van der Waals surface area contributed by atoms with Crippen LogP contribution >= 0.6 is 15.9 Å². The summed E-state index contributed by atoms with van der Waals surface area (Å²) in [6.45, 7) is 7.45. The Bertz CT molecular complexity index is 347. The van der Waals surface area contributed by atoms with Gasteiger partial charge in [0.1, 0.15) is 5.82 Å². The Hall–Kier alpha value is -0.610. The second-order valence-corrected chi connectivity index (χ2v) is 5.22. The van der Waals surface area contributed by atoms with Crippen LogP contribution in [0.2, 0.25) is 0 Å². The van der Waals surface area contributed by atoms with Gasteiger partial charge in [0, 0.05) is 6.20 Å². The van der Waals surface area contributed by atoms with Crippen molar-refractivity contribution in [1.29, 1.82) is 0 Å². The molecule has 0 bridgehead atoms. The molecule has 0 fully saturated rings. The third kappa shape index (κ3) is 3.47. The molecule has 1 atom stereocenters. The fourth-order valence-electron chi connectivity index (χ4n) is 1.02. The zero-order valence-electron chi connectivity index (χ0n) is 9.50. The quantitative estimate of drug-likeness (QED) is 0.890. The monoisotopic (exact) mass is 272 g/mol. The maximum absolute atomic E-state index is 9.79. The first-order valence-corrected chi connectivity index (χ1v) is 5.71. The van der Waals surface area contributed by atoms with Crippen LogP contribution in [0.3, 0.4) is 0 Å². The second kappa shape index (κ2) is 4.49. The third-order valence-corrected chi connectivity index (χ3v) is 3.00. The average molecular weight is 273 g/mol. The van der Waals surface area contributed by atoms with Gasteiger partial charge in [-0.15, -0.1) is 0 Å². The number of nitrogens with one attached hydrogen (secondary N) is 1. The lowest BCUT2D eigenvalue weighted by Gasteiger charge is -2.27. The number of aromatic nitrogens is 1. The van der Waals surface area contributed by atoms with Crippen LogP contribution in [0.5, 0.6) is 0 Å². The molecule has 15 heavy (non-hydrogen) atoms. The molecule has 0 saturated carbocycles. The highest BCUT2D eigenvalue weighted by Crippen LogP contribution is 2.23. The summed E-state index contributed by atoms with van der Waals surface area (Å²) in [5.41, 5.74) is 0.328. The molecule has 0 aromatic carbocycles.